The number of anilines is 2. The Morgan fingerprint density at radius 1 is 0.675 bits per heavy atom. The molecule has 4 rings (SSSR count). The van der Waals surface area contributed by atoms with Crippen molar-refractivity contribution in [2.45, 2.75) is 13.1 Å². The van der Waals surface area contributed by atoms with Crippen molar-refractivity contribution < 1.29 is 9.47 Å². The third-order valence-corrected chi connectivity index (χ3v) is 6.48. The molecule has 0 unspecified atom stereocenters. The highest BCUT2D eigenvalue weighted by Crippen LogP contribution is 2.34. The minimum atomic E-state index is 0.400. The molecular weight excluding hydrogens is 541 g/mol. The van der Waals surface area contributed by atoms with Crippen LogP contribution in [0.4, 0.5) is 11.4 Å². The number of nitrogens with zero attached hydrogens (tertiary/aromatic N) is 1. The summed E-state index contributed by atoms with van der Waals surface area (Å²) in [5.74, 6) is 1.19. The number of hydrazine groups is 2. The molecule has 0 aliphatic carbocycles. The number of rotatable bonds is 10. The Morgan fingerprint density at radius 3 is 1.65 bits per heavy atom. The number of thiocarbonyl (C=S) groups is 2. The van der Waals surface area contributed by atoms with E-state index >= 15 is 0 Å². The average Bonchev–Trinajstić information content (AvgIpc) is 2.99. The van der Waals surface area contributed by atoms with Gasteiger partial charge in [-0.25, -0.2) is 0 Å². The SMILES string of the molecule is COc1cc(-c2ccc(N(NC(=S)NCc3ccccc3)NC(=S)NCc3ccccc3)c(OC)c2)ccc1N. The van der Waals surface area contributed by atoms with E-state index < -0.39 is 0 Å². The number of nitrogen functional groups attached to an aromatic ring is 1. The first-order chi connectivity index (χ1) is 19.5. The molecule has 0 heterocycles. The second-order valence-electron chi connectivity index (χ2n) is 8.74. The summed E-state index contributed by atoms with van der Waals surface area (Å²) in [6.45, 7) is 1.12. The van der Waals surface area contributed by atoms with E-state index in [4.69, 9.17) is 39.6 Å². The van der Waals surface area contributed by atoms with Gasteiger partial charge in [0, 0.05) is 13.1 Å². The Balaban J connectivity index is 1.55. The maximum absolute atomic E-state index is 6.00. The normalized spacial score (nSPS) is 10.2. The highest BCUT2D eigenvalue weighted by atomic mass is 32.1. The van der Waals surface area contributed by atoms with Crippen LogP contribution in [0.3, 0.4) is 0 Å². The molecule has 4 aromatic carbocycles. The van der Waals surface area contributed by atoms with Gasteiger partial charge in [-0.3, -0.25) is 10.9 Å². The molecule has 40 heavy (non-hydrogen) atoms. The summed E-state index contributed by atoms with van der Waals surface area (Å²) in [6.07, 6.45) is 0. The Kier molecular flexibility index (Phi) is 9.98. The lowest BCUT2D eigenvalue weighted by Crippen LogP contribution is -2.57. The van der Waals surface area contributed by atoms with Crippen LogP contribution < -0.4 is 41.8 Å². The van der Waals surface area contributed by atoms with Crippen LogP contribution in [-0.4, -0.2) is 24.4 Å². The number of nitrogens with two attached hydrogens (primary N) is 1. The predicted molar refractivity (Wildman–Crippen MR) is 170 cm³/mol. The summed E-state index contributed by atoms with van der Waals surface area (Å²) in [5, 5.41) is 8.89. The zero-order valence-electron chi connectivity index (χ0n) is 22.3. The molecule has 0 atom stereocenters. The summed E-state index contributed by atoms with van der Waals surface area (Å²) in [5.41, 5.74) is 17.7. The van der Waals surface area contributed by atoms with Gasteiger partial charge in [0.2, 0.25) is 0 Å². The lowest BCUT2D eigenvalue weighted by Gasteiger charge is -2.29. The van der Waals surface area contributed by atoms with Gasteiger partial charge in [-0.2, -0.15) is 5.12 Å². The third-order valence-electron chi connectivity index (χ3n) is 6.01. The van der Waals surface area contributed by atoms with Crippen molar-refractivity contribution in [1.82, 2.24) is 21.5 Å². The molecule has 0 saturated carbocycles. The third kappa shape index (κ3) is 7.75. The highest BCUT2D eigenvalue weighted by molar-refractivity contribution is 7.80. The van der Waals surface area contributed by atoms with E-state index in [0.717, 1.165) is 22.3 Å². The largest absolute Gasteiger partial charge is 0.495 e. The molecule has 0 saturated heterocycles. The smallest absolute Gasteiger partial charge is 0.187 e. The summed E-state index contributed by atoms with van der Waals surface area (Å²) in [6, 6.07) is 31.5. The number of ether oxygens (including phenoxy) is 2. The Hall–Kier alpha value is -4.54. The number of hydrogen-bond acceptors (Lipinski definition) is 6. The van der Waals surface area contributed by atoms with E-state index in [1.807, 2.05) is 97.1 Å². The summed E-state index contributed by atoms with van der Waals surface area (Å²) in [7, 11) is 3.21. The predicted octanol–water partition coefficient (Wildman–Crippen LogP) is 4.92. The molecule has 0 aromatic heterocycles. The van der Waals surface area contributed by atoms with Crippen LogP contribution in [0.15, 0.2) is 97.1 Å². The minimum Gasteiger partial charge on any atom is -0.495 e. The second kappa shape index (κ2) is 14.0. The van der Waals surface area contributed by atoms with Crippen LogP contribution >= 0.6 is 24.4 Å². The lowest BCUT2D eigenvalue weighted by atomic mass is 10.0. The van der Waals surface area contributed by atoms with E-state index in [9.17, 15) is 0 Å². The van der Waals surface area contributed by atoms with Crippen LogP contribution in [0, 0.1) is 0 Å². The van der Waals surface area contributed by atoms with Gasteiger partial charge in [-0.15, -0.1) is 0 Å². The first-order valence-corrected chi connectivity index (χ1v) is 13.4. The first kappa shape index (κ1) is 28.5. The van der Waals surface area contributed by atoms with Gasteiger partial charge < -0.3 is 25.8 Å². The summed E-state index contributed by atoms with van der Waals surface area (Å²) in [4.78, 5) is 0. The van der Waals surface area contributed by atoms with E-state index in [1.54, 1.807) is 19.3 Å². The number of nitrogens with one attached hydrogen (secondary N) is 4. The fraction of sp³-hybridized carbons (Fsp3) is 0.133. The summed E-state index contributed by atoms with van der Waals surface area (Å²) >= 11 is 11.2. The van der Waals surface area contributed by atoms with Crippen LogP contribution in [-0.2, 0) is 13.1 Å². The van der Waals surface area contributed by atoms with Gasteiger partial charge in [0.15, 0.2) is 10.2 Å². The Bertz CT molecular complexity index is 1380. The fourth-order valence-electron chi connectivity index (χ4n) is 3.92. The summed E-state index contributed by atoms with van der Waals surface area (Å²) < 4.78 is 11.2. The molecular formula is C30H32N6O2S2. The highest BCUT2D eigenvalue weighted by Gasteiger charge is 2.17. The van der Waals surface area contributed by atoms with Gasteiger partial charge in [0.25, 0.3) is 0 Å². The minimum absolute atomic E-state index is 0.400. The topological polar surface area (TPSA) is 95.8 Å². The molecule has 206 valence electrons. The van der Waals surface area contributed by atoms with Crippen molar-refractivity contribution in [3.8, 4) is 22.6 Å². The number of benzene rings is 4. The first-order valence-electron chi connectivity index (χ1n) is 12.6. The molecule has 10 heteroatoms. The molecule has 0 bridgehead atoms. The molecule has 0 radical (unpaired) electrons. The quantitative estimate of drug-likeness (QED) is 0.102. The van der Waals surface area contributed by atoms with Crippen LogP contribution in [0.5, 0.6) is 11.5 Å². The molecule has 0 fully saturated rings. The average molecular weight is 573 g/mol. The van der Waals surface area contributed by atoms with E-state index in [0.29, 0.717) is 46.2 Å². The molecule has 0 spiro atoms. The lowest BCUT2D eigenvalue weighted by molar-refractivity contribution is 0.413. The van der Waals surface area contributed by atoms with Crippen LogP contribution in [0.1, 0.15) is 11.1 Å². The molecule has 4 aromatic rings. The van der Waals surface area contributed by atoms with E-state index in [2.05, 4.69) is 21.5 Å². The van der Waals surface area contributed by atoms with Crippen LogP contribution in [0.25, 0.3) is 11.1 Å². The molecule has 6 N–H and O–H groups in total. The van der Waals surface area contributed by atoms with Crippen molar-refractivity contribution in [2.75, 3.05) is 25.1 Å². The monoisotopic (exact) mass is 572 g/mol. The van der Waals surface area contributed by atoms with Gasteiger partial charge in [0.05, 0.1) is 19.9 Å². The van der Waals surface area contributed by atoms with Gasteiger partial charge in [0.1, 0.15) is 17.2 Å². The van der Waals surface area contributed by atoms with Gasteiger partial charge in [-0.05, 0) is 71.0 Å². The van der Waals surface area contributed by atoms with Crippen molar-refractivity contribution in [3.63, 3.8) is 0 Å². The van der Waals surface area contributed by atoms with Crippen molar-refractivity contribution >= 4 is 46.0 Å². The zero-order valence-corrected chi connectivity index (χ0v) is 23.9. The van der Waals surface area contributed by atoms with Crippen molar-refractivity contribution in [1.29, 1.82) is 0 Å². The van der Waals surface area contributed by atoms with Crippen molar-refractivity contribution in [3.05, 3.63) is 108 Å². The van der Waals surface area contributed by atoms with E-state index in [-0.39, 0.29) is 0 Å². The van der Waals surface area contributed by atoms with Crippen molar-refractivity contribution in [2.24, 2.45) is 0 Å². The molecule has 0 aliphatic rings. The zero-order chi connectivity index (χ0) is 28.3. The van der Waals surface area contributed by atoms with Gasteiger partial charge >= 0.3 is 0 Å². The maximum atomic E-state index is 6.00. The Morgan fingerprint density at radius 2 is 1.15 bits per heavy atom. The molecule has 8 nitrogen and oxygen atoms in total. The van der Waals surface area contributed by atoms with Gasteiger partial charge in [-0.1, -0.05) is 72.8 Å². The molecule has 0 aliphatic heterocycles. The second-order valence-corrected chi connectivity index (χ2v) is 9.56. The van der Waals surface area contributed by atoms with Crippen LogP contribution in [0.2, 0.25) is 0 Å². The number of hydrogen-bond donors (Lipinski definition) is 5. The maximum Gasteiger partial charge on any atom is 0.187 e. The number of methoxy groups -OCH3 is 2. The fourth-order valence-corrected chi connectivity index (χ4v) is 4.25. The Labute approximate surface area is 245 Å². The molecule has 0 amide bonds. The van der Waals surface area contributed by atoms with E-state index in [1.165, 1.54) is 0 Å². The standard InChI is InChI=1S/C30H32N6O2S2/c1-37-27-17-23(13-15-25(27)31)24-14-16-26(28(18-24)38-2)36(34-29(39)32-19-21-9-5-3-6-10-21)35-30(40)33-20-22-11-7-4-8-12-22/h3-18H,19-20,31H2,1-2H3,(H2,32,34,39)(H2,33,35,40).